The fraction of sp³-hybridized carbons (Fsp3) is 0.217. The van der Waals surface area contributed by atoms with Crippen LogP contribution in [0.25, 0.3) is 4.96 Å². The summed E-state index contributed by atoms with van der Waals surface area (Å²) in [4.78, 5) is 29.7. The Kier molecular flexibility index (Phi) is 6.53. The molecule has 4 aromatic rings. The van der Waals surface area contributed by atoms with E-state index in [-0.39, 0.29) is 18.1 Å². The highest BCUT2D eigenvalue weighted by Crippen LogP contribution is 2.19. The Morgan fingerprint density at radius 3 is 2.56 bits per heavy atom. The minimum absolute atomic E-state index is 0.152. The smallest absolute Gasteiger partial charge is 0.275 e. The van der Waals surface area contributed by atoms with Crippen LogP contribution >= 0.6 is 22.9 Å². The Bertz CT molecular complexity index is 1300. The van der Waals surface area contributed by atoms with Crippen molar-refractivity contribution in [3.05, 3.63) is 86.2 Å². The second-order valence-electron chi connectivity index (χ2n) is 7.65. The number of hydrogen-bond donors (Lipinski definition) is 1. The zero-order valence-corrected chi connectivity index (χ0v) is 19.1. The van der Waals surface area contributed by atoms with E-state index in [0.29, 0.717) is 38.6 Å². The molecule has 0 bridgehead atoms. The van der Waals surface area contributed by atoms with Gasteiger partial charge < -0.3 is 10.1 Å². The summed E-state index contributed by atoms with van der Waals surface area (Å²) in [6.07, 6.45) is 0.806. The minimum atomic E-state index is -0.227. The van der Waals surface area contributed by atoms with Crippen LogP contribution in [0.15, 0.2) is 59.4 Å². The van der Waals surface area contributed by atoms with Gasteiger partial charge in [0.25, 0.3) is 11.5 Å². The summed E-state index contributed by atoms with van der Waals surface area (Å²) in [5, 5.41) is 8.63. The lowest BCUT2D eigenvalue weighted by atomic mass is 10.1. The highest BCUT2D eigenvalue weighted by molar-refractivity contribution is 7.16. The lowest BCUT2D eigenvalue weighted by Gasteiger charge is -2.08. The number of benzene rings is 2. The standard InChI is InChI=1S/C23H21ClN4O3S/c1-14(2)11-20-27-28-21(29)12-18(26-23(28)32-20)13-31-19-9-7-17(8-10-19)25-22(30)15-3-5-16(24)6-4-15/h3-10,12,14H,11,13H2,1-2H3,(H,25,30). The van der Waals surface area contributed by atoms with E-state index in [0.717, 1.165) is 11.4 Å². The number of hydrogen-bond acceptors (Lipinski definition) is 6. The molecule has 0 fully saturated rings. The van der Waals surface area contributed by atoms with E-state index in [1.165, 1.54) is 21.9 Å². The van der Waals surface area contributed by atoms with Crippen LogP contribution in [0.3, 0.4) is 0 Å². The van der Waals surface area contributed by atoms with Crippen LogP contribution in [0.1, 0.15) is 34.9 Å². The van der Waals surface area contributed by atoms with Crippen LogP contribution in [0.4, 0.5) is 5.69 Å². The number of halogens is 1. The van der Waals surface area contributed by atoms with Gasteiger partial charge in [0.1, 0.15) is 17.4 Å². The molecule has 0 unspecified atom stereocenters. The van der Waals surface area contributed by atoms with Gasteiger partial charge in [-0.1, -0.05) is 36.8 Å². The van der Waals surface area contributed by atoms with E-state index in [1.807, 2.05) is 0 Å². The normalized spacial score (nSPS) is 11.1. The first-order valence-corrected chi connectivity index (χ1v) is 11.3. The van der Waals surface area contributed by atoms with Crippen molar-refractivity contribution in [3.8, 4) is 5.75 Å². The van der Waals surface area contributed by atoms with Gasteiger partial charge in [0, 0.05) is 28.8 Å². The van der Waals surface area contributed by atoms with Gasteiger partial charge >= 0.3 is 0 Å². The molecule has 0 atom stereocenters. The first-order valence-electron chi connectivity index (χ1n) is 10.1. The predicted molar refractivity (Wildman–Crippen MR) is 126 cm³/mol. The van der Waals surface area contributed by atoms with Crippen molar-refractivity contribution in [1.29, 1.82) is 0 Å². The summed E-state index contributed by atoms with van der Waals surface area (Å²) in [5.41, 5.74) is 1.47. The Balaban J connectivity index is 1.39. The van der Waals surface area contributed by atoms with Gasteiger partial charge in [-0.05, 0) is 54.4 Å². The number of anilines is 1. The molecule has 0 aliphatic carbocycles. The Labute approximate surface area is 193 Å². The first kappa shape index (κ1) is 22.0. The van der Waals surface area contributed by atoms with Crippen molar-refractivity contribution in [2.75, 3.05) is 5.32 Å². The van der Waals surface area contributed by atoms with Crippen LogP contribution < -0.4 is 15.6 Å². The second kappa shape index (κ2) is 9.50. The molecule has 0 saturated carbocycles. The van der Waals surface area contributed by atoms with Crippen molar-refractivity contribution in [3.63, 3.8) is 0 Å². The van der Waals surface area contributed by atoms with Gasteiger partial charge in [0.05, 0.1) is 5.69 Å². The highest BCUT2D eigenvalue weighted by atomic mass is 35.5. The molecule has 0 aliphatic rings. The molecule has 7 nitrogen and oxygen atoms in total. The van der Waals surface area contributed by atoms with Gasteiger partial charge in [-0.15, -0.1) is 0 Å². The van der Waals surface area contributed by atoms with Crippen LogP contribution in [0.5, 0.6) is 5.75 Å². The molecule has 0 saturated heterocycles. The maximum Gasteiger partial charge on any atom is 0.275 e. The summed E-state index contributed by atoms with van der Waals surface area (Å²) in [5.74, 6) is 0.823. The molecule has 0 spiro atoms. The molecule has 2 heterocycles. The molecule has 1 amide bonds. The summed E-state index contributed by atoms with van der Waals surface area (Å²) in [6, 6.07) is 15.1. The quantitative estimate of drug-likeness (QED) is 0.419. The minimum Gasteiger partial charge on any atom is -0.487 e. The number of carbonyl (C=O) groups is 1. The Hall–Kier alpha value is -3.23. The highest BCUT2D eigenvalue weighted by Gasteiger charge is 2.11. The maximum absolute atomic E-state index is 12.4. The average Bonchev–Trinajstić information content (AvgIpc) is 3.16. The molecule has 1 N–H and O–H groups in total. The molecule has 2 aromatic carbocycles. The number of ether oxygens (including phenoxy) is 1. The van der Waals surface area contributed by atoms with E-state index in [4.69, 9.17) is 16.3 Å². The number of nitrogens with one attached hydrogen (secondary N) is 1. The van der Waals surface area contributed by atoms with E-state index >= 15 is 0 Å². The average molecular weight is 469 g/mol. The van der Waals surface area contributed by atoms with E-state index < -0.39 is 0 Å². The zero-order valence-electron chi connectivity index (χ0n) is 17.5. The SMILES string of the molecule is CC(C)Cc1nn2c(=O)cc(COc3ccc(NC(=O)c4ccc(Cl)cc4)cc3)nc2s1. The summed E-state index contributed by atoms with van der Waals surface area (Å²) in [6.45, 7) is 4.37. The molecule has 0 aliphatic heterocycles. The van der Waals surface area contributed by atoms with Crippen LogP contribution in [-0.4, -0.2) is 20.5 Å². The van der Waals surface area contributed by atoms with E-state index in [2.05, 4.69) is 29.2 Å². The molecule has 164 valence electrons. The molecular formula is C23H21ClN4O3S. The fourth-order valence-corrected chi connectivity index (χ4v) is 4.25. The molecular weight excluding hydrogens is 448 g/mol. The lowest BCUT2D eigenvalue weighted by Crippen LogP contribution is -2.16. The predicted octanol–water partition coefficient (Wildman–Crippen LogP) is 4.83. The third-order valence-electron chi connectivity index (χ3n) is 4.53. The third-order valence-corrected chi connectivity index (χ3v) is 5.71. The molecule has 4 rings (SSSR count). The van der Waals surface area contributed by atoms with Gasteiger partial charge in [-0.25, -0.2) is 4.98 Å². The van der Waals surface area contributed by atoms with Crippen LogP contribution in [-0.2, 0) is 13.0 Å². The van der Waals surface area contributed by atoms with Gasteiger partial charge in [0.2, 0.25) is 4.96 Å². The van der Waals surface area contributed by atoms with E-state index in [1.54, 1.807) is 48.5 Å². The van der Waals surface area contributed by atoms with Gasteiger partial charge in [-0.2, -0.15) is 9.61 Å². The van der Waals surface area contributed by atoms with Crippen molar-refractivity contribution in [2.45, 2.75) is 26.9 Å². The van der Waals surface area contributed by atoms with Crippen LogP contribution in [0, 0.1) is 5.92 Å². The lowest BCUT2D eigenvalue weighted by molar-refractivity contribution is 0.102. The van der Waals surface area contributed by atoms with Crippen molar-refractivity contribution >= 4 is 39.5 Å². The molecule has 32 heavy (non-hydrogen) atoms. The third kappa shape index (κ3) is 5.33. The molecule has 0 radical (unpaired) electrons. The fourth-order valence-electron chi connectivity index (χ4n) is 3.00. The van der Waals surface area contributed by atoms with Gasteiger partial charge in [-0.3, -0.25) is 9.59 Å². The van der Waals surface area contributed by atoms with E-state index in [9.17, 15) is 9.59 Å². The number of rotatable bonds is 7. The second-order valence-corrected chi connectivity index (χ2v) is 9.12. The number of amides is 1. The maximum atomic E-state index is 12.4. The number of aromatic nitrogens is 3. The summed E-state index contributed by atoms with van der Waals surface area (Å²) >= 11 is 7.27. The number of carbonyl (C=O) groups excluding carboxylic acids is 1. The van der Waals surface area contributed by atoms with Crippen molar-refractivity contribution < 1.29 is 9.53 Å². The van der Waals surface area contributed by atoms with Crippen molar-refractivity contribution in [1.82, 2.24) is 14.6 Å². The Morgan fingerprint density at radius 1 is 1.16 bits per heavy atom. The largest absolute Gasteiger partial charge is 0.487 e. The van der Waals surface area contributed by atoms with Gasteiger partial charge in [0.15, 0.2) is 0 Å². The Morgan fingerprint density at radius 2 is 1.88 bits per heavy atom. The number of nitrogens with zero attached hydrogens (tertiary/aromatic N) is 3. The molecule has 9 heteroatoms. The van der Waals surface area contributed by atoms with Crippen LogP contribution in [0.2, 0.25) is 5.02 Å². The monoisotopic (exact) mass is 468 g/mol. The summed E-state index contributed by atoms with van der Waals surface area (Å²) < 4.78 is 7.11. The zero-order chi connectivity index (χ0) is 22.7. The number of fused-ring (bicyclic) bond motifs is 1. The first-order chi connectivity index (χ1) is 15.4. The van der Waals surface area contributed by atoms with Crippen molar-refractivity contribution in [2.24, 2.45) is 5.92 Å². The topological polar surface area (TPSA) is 85.6 Å². The summed E-state index contributed by atoms with van der Waals surface area (Å²) in [7, 11) is 0. The molecule has 2 aromatic heterocycles.